The lowest BCUT2D eigenvalue weighted by molar-refractivity contribution is -0.128. The first-order valence-electron chi connectivity index (χ1n) is 12.5. The van der Waals surface area contributed by atoms with E-state index in [1.54, 1.807) is 18.2 Å². The SMILES string of the molecule is O=C(OCc1ccccc1)N1CC[C@H]2[C@H]1[C@@H](CCCCc1noc(=O)[nH]1)C(=O)N2S(=O)(=O)c1ccccc1. The molecule has 3 aromatic rings. The topological polar surface area (TPSA) is 143 Å². The summed E-state index contributed by atoms with van der Waals surface area (Å²) < 4.78 is 38.2. The van der Waals surface area contributed by atoms with Gasteiger partial charge >= 0.3 is 11.8 Å². The molecule has 2 aromatic carbocycles. The molecule has 200 valence electrons. The maximum absolute atomic E-state index is 13.6. The Morgan fingerprint density at radius 1 is 1.05 bits per heavy atom. The molecule has 5 rings (SSSR count). The van der Waals surface area contributed by atoms with Crippen molar-refractivity contribution in [3.8, 4) is 0 Å². The Balaban J connectivity index is 1.35. The molecule has 0 saturated carbocycles. The molecule has 2 aliphatic heterocycles. The molecular formula is C26H28N4O7S. The summed E-state index contributed by atoms with van der Waals surface area (Å²) in [4.78, 5) is 42.0. The number of rotatable bonds is 9. The van der Waals surface area contributed by atoms with E-state index in [4.69, 9.17) is 4.74 Å². The number of carbonyl (C=O) groups is 2. The standard InChI is InChI=1S/C26H28N4O7S/c31-24-20(13-7-8-14-22-27-25(32)37-28-22)23-21(30(24)38(34,35)19-11-5-2-6-12-19)15-16-29(23)26(33)36-17-18-9-3-1-4-10-18/h1-6,9-12,20-21,23H,7-8,13-17H2,(H,27,28,32)/t20-,21+,23-/m1/s1. The predicted octanol–water partition coefficient (Wildman–Crippen LogP) is 2.70. The van der Waals surface area contributed by atoms with E-state index in [1.807, 2.05) is 30.3 Å². The number of ether oxygens (including phenoxy) is 1. The van der Waals surface area contributed by atoms with E-state index in [9.17, 15) is 22.8 Å². The summed E-state index contributed by atoms with van der Waals surface area (Å²) in [5, 5.41) is 3.64. The Morgan fingerprint density at radius 2 is 1.76 bits per heavy atom. The average Bonchev–Trinajstić information content (AvgIpc) is 3.61. The van der Waals surface area contributed by atoms with Crippen LogP contribution in [0.3, 0.4) is 0 Å². The monoisotopic (exact) mass is 540 g/mol. The highest BCUT2D eigenvalue weighted by Gasteiger charge is 2.58. The summed E-state index contributed by atoms with van der Waals surface area (Å²) in [6.45, 7) is 0.363. The molecule has 2 amide bonds. The number of nitrogens with zero attached hydrogens (tertiary/aromatic N) is 3. The van der Waals surface area contributed by atoms with Crippen molar-refractivity contribution >= 4 is 22.0 Å². The van der Waals surface area contributed by atoms with Gasteiger partial charge in [-0.2, -0.15) is 0 Å². The van der Waals surface area contributed by atoms with Crippen LogP contribution in [0.15, 0.2) is 74.9 Å². The third-order valence-corrected chi connectivity index (χ3v) is 8.91. The van der Waals surface area contributed by atoms with Crippen LogP contribution in [-0.2, 0) is 32.6 Å². The molecule has 2 fully saturated rings. The van der Waals surface area contributed by atoms with Crippen LogP contribution >= 0.6 is 0 Å². The largest absolute Gasteiger partial charge is 0.445 e. The molecule has 0 aliphatic carbocycles. The number of carbonyl (C=O) groups excluding carboxylic acids is 2. The van der Waals surface area contributed by atoms with Crippen molar-refractivity contribution in [3.05, 3.63) is 82.6 Å². The molecular weight excluding hydrogens is 512 g/mol. The molecule has 0 radical (unpaired) electrons. The minimum absolute atomic E-state index is 0.0350. The first-order valence-corrected chi connectivity index (χ1v) is 14.0. The first kappa shape index (κ1) is 25.7. The molecule has 3 atom stereocenters. The van der Waals surface area contributed by atoms with Gasteiger partial charge in [0, 0.05) is 13.0 Å². The number of hydrogen-bond acceptors (Lipinski definition) is 8. The summed E-state index contributed by atoms with van der Waals surface area (Å²) in [6.07, 6.45) is 1.72. The van der Waals surface area contributed by atoms with Crippen molar-refractivity contribution in [1.82, 2.24) is 19.3 Å². The Hall–Kier alpha value is -3.93. The smallest absolute Gasteiger partial charge is 0.438 e. The zero-order valence-electron chi connectivity index (χ0n) is 20.6. The highest BCUT2D eigenvalue weighted by molar-refractivity contribution is 7.89. The van der Waals surface area contributed by atoms with Crippen LogP contribution < -0.4 is 5.76 Å². The van der Waals surface area contributed by atoms with Crippen molar-refractivity contribution in [2.75, 3.05) is 6.54 Å². The third kappa shape index (κ3) is 5.08. The Kier molecular flexibility index (Phi) is 7.32. The predicted molar refractivity (Wildman–Crippen MR) is 134 cm³/mol. The fraction of sp³-hybridized carbons (Fsp3) is 0.385. The van der Waals surface area contributed by atoms with Crippen LogP contribution in [0.1, 0.15) is 37.1 Å². The number of likely N-dealkylation sites (tertiary alicyclic amines) is 1. The van der Waals surface area contributed by atoms with Crippen LogP contribution in [0, 0.1) is 5.92 Å². The number of fused-ring (bicyclic) bond motifs is 1. The van der Waals surface area contributed by atoms with Gasteiger partial charge in [0.1, 0.15) is 6.61 Å². The average molecular weight is 541 g/mol. The fourth-order valence-electron chi connectivity index (χ4n) is 5.35. The quantitative estimate of drug-likeness (QED) is 0.408. The second-order valence-electron chi connectivity index (χ2n) is 9.43. The Bertz CT molecular complexity index is 1440. The number of unbranched alkanes of at least 4 members (excludes halogenated alkanes) is 1. The number of nitrogens with one attached hydrogen (secondary N) is 1. The van der Waals surface area contributed by atoms with Gasteiger partial charge in [-0.15, -0.1) is 0 Å². The van der Waals surface area contributed by atoms with Crippen molar-refractivity contribution in [3.63, 3.8) is 0 Å². The number of amides is 2. The van der Waals surface area contributed by atoms with E-state index < -0.39 is 45.8 Å². The minimum atomic E-state index is -4.11. The summed E-state index contributed by atoms with van der Waals surface area (Å²) in [5.74, 6) is -1.45. The van der Waals surface area contributed by atoms with Crippen LogP contribution in [0.5, 0.6) is 0 Å². The van der Waals surface area contributed by atoms with Gasteiger partial charge in [-0.05, 0) is 37.0 Å². The molecule has 12 heteroatoms. The number of aromatic nitrogens is 2. The number of aryl methyl sites for hydroxylation is 1. The molecule has 0 unspecified atom stereocenters. The van der Waals surface area contributed by atoms with E-state index in [0.29, 0.717) is 37.9 Å². The van der Waals surface area contributed by atoms with E-state index in [-0.39, 0.29) is 18.0 Å². The lowest BCUT2D eigenvalue weighted by atomic mass is 9.93. The first-order chi connectivity index (χ1) is 18.4. The van der Waals surface area contributed by atoms with Gasteiger partial charge < -0.3 is 9.64 Å². The number of aromatic amines is 1. The molecule has 2 aliphatic rings. The van der Waals surface area contributed by atoms with Gasteiger partial charge in [0.2, 0.25) is 5.91 Å². The molecule has 38 heavy (non-hydrogen) atoms. The van der Waals surface area contributed by atoms with E-state index in [2.05, 4.69) is 14.7 Å². The molecule has 2 saturated heterocycles. The zero-order valence-corrected chi connectivity index (χ0v) is 21.4. The molecule has 0 spiro atoms. The number of hydrogen-bond donors (Lipinski definition) is 1. The van der Waals surface area contributed by atoms with Gasteiger partial charge in [-0.3, -0.25) is 14.3 Å². The maximum Gasteiger partial charge on any atom is 0.438 e. The van der Waals surface area contributed by atoms with Crippen LogP contribution in [0.4, 0.5) is 4.79 Å². The lowest BCUT2D eigenvalue weighted by Crippen LogP contribution is -2.43. The van der Waals surface area contributed by atoms with Crippen LogP contribution in [0.2, 0.25) is 0 Å². The molecule has 1 N–H and O–H groups in total. The summed E-state index contributed by atoms with van der Waals surface area (Å²) in [6, 6.07) is 15.8. The second kappa shape index (κ2) is 10.8. The normalized spacial score (nSPS) is 21.1. The molecule has 3 heterocycles. The third-order valence-electron chi connectivity index (χ3n) is 7.07. The lowest BCUT2D eigenvalue weighted by Gasteiger charge is -2.27. The van der Waals surface area contributed by atoms with Gasteiger partial charge in [0.25, 0.3) is 10.0 Å². The maximum atomic E-state index is 13.6. The van der Waals surface area contributed by atoms with E-state index >= 15 is 0 Å². The van der Waals surface area contributed by atoms with Gasteiger partial charge in [0.05, 0.1) is 22.9 Å². The highest BCUT2D eigenvalue weighted by atomic mass is 32.2. The summed E-state index contributed by atoms with van der Waals surface area (Å²) in [5.41, 5.74) is 0.829. The van der Waals surface area contributed by atoms with Crippen LogP contribution in [-0.4, -0.2) is 58.4 Å². The van der Waals surface area contributed by atoms with Crippen molar-refractivity contribution in [1.29, 1.82) is 0 Å². The van der Waals surface area contributed by atoms with Gasteiger partial charge in [-0.1, -0.05) is 60.1 Å². The zero-order chi connectivity index (χ0) is 26.7. The molecule has 11 nitrogen and oxygen atoms in total. The minimum Gasteiger partial charge on any atom is -0.445 e. The summed E-state index contributed by atoms with van der Waals surface area (Å²) in [7, 11) is -4.11. The fourth-order valence-corrected chi connectivity index (χ4v) is 7.04. The number of H-pyrrole nitrogens is 1. The highest BCUT2D eigenvalue weighted by Crippen LogP contribution is 2.42. The van der Waals surface area contributed by atoms with Crippen molar-refractivity contribution in [2.24, 2.45) is 5.92 Å². The van der Waals surface area contributed by atoms with Gasteiger partial charge in [0.15, 0.2) is 5.82 Å². The van der Waals surface area contributed by atoms with Crippen molar-refractivity contribution in [2.45, 2.75) is 55.7 Å². The Labute approximate surface area is 219 Å². The van der Waals surface area contributed by atoms with Crippen LogP contribution in [0.25, 0.3) is 0 Å². The number of benzene rings is 2. The second-order valence-corrected chi connectivity index (χ2v) is 11.2. The molecule has 0 bridgehead atoms. The Morgan fingerprint density at radius 3 is 2.45 bits per heavy atom. The van der Waals surface area contributed by atoms with E-state index in [1.165, 1.54) is 17.0 Å². The number of sulfonamides is 1. The van der Waals surface area contributed by atoms with E-state index in [0.717, 1.165) is 9.87 Å². The summed E-state index contributed by atoms with van der Waals surface area (Å²) >= 11 is 0. The van der Waals surface area contributed by atoms with Crippen molar-refractivity contribution < 1.29 is 27.3 Å². The molecule has 1 aromatic heterocycles. The van der Waals surface area contributed by atoms with Gasteiger partial charge in [-0.25, -0.2) is 22.3 Å².